The predicted octanol–water partition coefficient (Wildman–Crippen LogP) is 3.29. The fraction of sp³-hybridized carbons (Fsp3) is 0.611. The van der Waals surface area contributed by atoms with Gasteiger partial charge >= 0.3 is 5.97 Å². The SMILES string of the molecule is CCC1(C(=O)O)CCN(CC2CCCc3ccccc32)C1. The smallest absolute Gasteiger partial charge is 0.310 e. The molecule has 0 aromatic heterocycles. The van der Waals surface area contributed by atoms with Crippen LogP contribution in [-0.2, 0) is 11.2 Å². The Morgan fingerprint density at radius 3 is 2.95 bits per heavy atom. The molecule has 1 fully saturated rings. The number of benzene rings is 1. The average Bonchev–Trinajstić information content (AvgIpc) is 2.92. The van der Waals surface area contributed by atoms with Gasteiger partial charge in [-0.3, -0.25) is 4.79 Å². The number of hydrogen-bond donors (Lipinski definition) is 1. The Labute approximate surface area is 127 Å². The predicted molar refractivity (Wildman–Crippen MR) is 83.5 cm³/mol. The van der Waals surface area contributed by atoms with Crippen LogP contribution in [0.4, 0.5) is 0 Å². The molecule has 2 atom stereocenters. The molecule has 0 amide bonds. The minimum atomic E-state index is -0.614. The highest BCUT2D eigenvalue weighted by atomic mass is 16.4. The maximum Gasteiger partial charge on any atom is 0.310 e. The van der Waals surface area contributed by atoms with E-state index in [1.165, 1.54) is 30.4 Å². The summed E-state index contributed by atoms with van der Waals surface area (Å²) in [4.78, 5) is 13.9. The molecule has 21 heavy (non-hydrogen) atoms. The monoisotopic (exact) mass is 287 g/mol. The number of rotatable bonds is 4. The highest BCUT2D eigenvalue weighted by molar-refractivity contribution is 5.75. The zero-order valence-electron chi connectivity index (χ0n) is 12.8. The highest BCUT2D eigenvalue weighted by Crippen LogP contribution is 2.37. The van der Waals surface area contributed by atoms with E-state index in [-0.39, 0.29) is 0 Å². The van der Waals surface area contributed by atoms with Crippen LogP contribution in [0.2, 0.25) is 0 Å². The molecule has 3 heteroatoms. The number of hydrogen-bond acceptors (Lipinski definition) is 2. The van der Waals surface area contributed by atoms with Crippen molar-refractivity contribution in [3.8, 4) is 0 Å². The molecule has 1 aliphatic heterocycles. The number of carboxylic acid groups (broad SMARTS) is 1. The number of aliphatic carboxylic acids is 1. The van der Waals surface area contributed by atoms with Crippen molar-refractivity contribution in [3.63, 3.8) is 0 Å². The van der Waals surface area contributed by atoms with E-state index in [9.17, 15) is 9.90 Å². The van der Waals surface area contributed by atoms with Gasteiger partial charge in [-0.15, -0.1) is 0 Å². The van der Waals surface area contributed by atoms with Gasteiger partial charge in [0.25, 0.3) is 0 Å². The van der Waals surface area contributed by atoms with Gasteiger partial charge in [0, 0.05) is 13.1 Å². The Morgan fingerprint density at radius 1 is 1.43 bits per heavy atom. The maximum absolute atomic E-state index is 11.6. The summed E-state index contributed by atoms with van der Waals surface area (Å²) in [5, 5.41) is 9.52. The molecular weight excluding hydrogens is 262 g/mol. The van der Waals surface area contributed by atoms with Gasteiger partial charge in [0.15, 0.2) is 0 Å². The number of nitrogens with zero attached hydrogens (tertiary/aromatic N) is 1. The Hall–Kier alpha value is -1.35. The first-order chi connectivity index (χ1) is 10.1. The summed E-state index contributed by atoms with van der Waals surface area (Å²) in [7, 11) is 0. The van der Waals surface area contributed by atoms with Crippen molar-refractivity contribution in [3.05, 3.63) is 35.4 Å². The van der Waals surface area contributed by atoms with Gasteiger partial charge in [0.2, 0.25) is 0 Å². The third kappa shape index (κ3) is 2.71. The van der Waals surface area contributed by atoms with Crippen LogP contribution in [-0.4, -0.2) is 35.6 Å². The zero-order chi connectivity index (χ0) is 14.9. The van der Waals surface area contributed by atoms with Crippen molar-refractivity contribution in [2.75, 3.05) is 19.6 Å². The molecular formula is C18H25NO2. The summed E-state index contributed by atoms with van der Waals surface area (Å²) in [6.07, 6.45) is 5.22. The first kappa shape index (κ1) is 14.6. The Kier molecular flexibility index (Phi) is 4.03. The van der Waals surface area contributed by atoms with E-state index in [1.54, 1.807) is 0 Å². The van der Waals surface area contributed by atoms with Crippen LogP contribution in [0.25, 0.3) is 0 Å². The standard InChI is InChI=1S/C18H25NO2/c1-2-18(17(20)21)10-11-19(13-18)12-15-8-5-7-14-6-3-4-9-16(14)15/h3-4,6,9,15H,2,5,7-8,10-13H2,1H3,(H,20,21). The zero-order valence-corrected chi connectivity index (χ0v) is 12.8. The largest absolute Gasteiger partial charge is 0.481 e. The van der Waals surface area contributed by atoms with Crippen LogP contribution >= 0.6 is 0 Å². The lowest BCUT2D eigenvalue weighted by Gasteiger charge is -2.30. The van der Waals surface area contributed by atoms with E-state index in [4.69, 9.17) is 0 Å². The molecule has 2 aliphatic rings. The molecule has 0 radical (unpaired) electrons. The lowest BCUT2D eigenvalue weighted by Crippen LogP contribution is -2.35. The molecule has 2 unspecified atom stereocenters. The Bertz CT molecular complexity index is 528. The highest BCUT2D eigenvalue weighted by Gasteiger charge is 2.43. The number of carboxylic acids is 1. The molecule has 0 spiro atoms. The van der Waals surface area contributed by atoms with Crippen molar-refractivity contribution in [2.45, 2.75) is 44.9 Å². The van der Waals surface area contributed by atoms with Crippen LogP contribution in [0.1, 0.15) is 49.7 Å². The van der Waals surface area contributed by atoms with Crippen LogP contribution < -0.4 is 0 Å². The lowest BCUT2D eigenvalue weighted by atomic mass is 9.82. The van der Waals surface area contributed by atoms with Crippen molar-refractivity contribution in [1.29, 1.82) is 0 Å². The second-order valence-corrected chi connectivity index (χ2v) is 6.71. The number of fused-ring (bicyclic) bond motifs is 1. The normalized spacial score (nSPS) is 29.3. The molecule has 3 rings (SSSR count). The summed E-state index contributed by atoms with van der Waals surface area (Å²) in [6, 6.07) is 8.77. The van der Waals surface area contributed by atoms with Crippen LogP contribution in [0, 0.1) is 5.41 Å². The van der Waals surface area contributed by atoms with E-state index in [2.05, 4.69) is 29.2 Å². The minimum Gasteiger partial charge on any atom is -0.481 e. The summed E-state index contributed by atoms with van der Waals surface area (Å²) in [6.45, 7) is 4.68. The van der Waals surface area contributed by atoms with Gasteiger partial charge in [0.05, 0.1) is 5.41 Å². The van der Waals surface area contributed by atoms with Crippen LogP contribution in [0.15, 0.2) is 24.3 Å². The fourth-order valence-corrected chi connectivity index (χ4v) is 4.08. The second-order valence-electron chi connectivity index (χ2n) is 6.71. The van der Waals surface area contributed by atoms with E-state index >= 15 is 0 Å². The van der Waals surface area contributed by atoms with Gasteiger partial charge < -0.3 is 10.0 Å². The maximum atomic E-state index is 11.6. The van der Waals surface area contributed by atoms with Gasteiger partial charge in [0.1, 0.15) is 0 Å². The van der Waals surface area contributed by atoms with Crippen LogP contribution in [0.5, 0.6) is 0 Å². The Balaban J connectivity index is 1.70. The minimum absolute atomic E-state index is 0.506. The van der Waals surface area contributed by atoms with Gasteiger partial charge in [-0.2, -0.15) is 0 Å². The van der Waals surface area contributed by atoms with Gasteiger partial charge in [-0.1, -0.05) is 31.2 Å². The van der Waals surface area contributed by atoms with Gasteiger partial charge in [-0.25, -0.2) is 0 Å². The summed E-state index contributed by atoms with van der Waals surface area (Å²) in [5.74, 6) is -0.0343. The molecule has 1 aromatic rings. The van der Waals surface area contributed by atoms with Crippen molar-refractivity contribution >= 4 is 5.97 Å². The summed E-state index contributed by atoms with van der Waals surface area (Å²) < 4.78 is 0. The van der Waals surface area contributed by atoms with E-state index in [0.717, 1.165) is 32.5 Å². The molecule has 1 aliphatic carbocycles. The first-order valence-corrected chi connectivity index (χ1v) is 8.18. The molecule has 0 bridgehead atoms. The van der Waals surface area contributed by atoms with Crippen LogP contribution in [0.3, 0.4) is 0 Å². The van der Waals surface area contributed by atoms with Gasteiger partial charge in [-0.05, 0) is 55.7 Å². The van der Waals surface area contributed by atoms with Crippen molar-refractivity contribution < 1.29 is 9.90 Å². The molecule has 114 valence electrons. The molecule has 0 saturated carbocycles. The van der Waals surface area contributed by atoms with Crippen molar-refractivity contribution in [2.24, 2.45) is 5.41 Å². The van der Waals surface area contributed by atoms with E-state index < -0.39 is 11.4 Å². The molecule has 3 nitrogen and oxygen atoms in total. The second kappa shape index (κ2) is 5.80. The van der Waals surface area contributed by atoms with E-state index in [1.807, 2.05) is 6.92 Å². The molecule has 1 N–H and O–H groups in total. The third-order valence-corrected chi connectivity index (χ3v) is 5.54. The van der Waals surface area contributed by atoms with Crippen molar-refractivity contribution in [1.82, 2.24) is 4.90 Å². The molecule has 1 saturated heterocycles. The molecule has 1 aromatic carbocycles. The third-order valence-electron chi connectivity index (χ3n) is 5.54. The summed E-state index contributed by atoms with van der Waals surface area (Å²) in [5.41, 5.74) is 2.48. The Morgan fingerprint density at radius 2 is 2.24 bits per heavy atom. The number of carbonyl (C=O) groups is 1. The fourth-order valence-electron chi connectivity index (χ4n) is 4.08. The first-order valence-electron chi connectivity index (χ1n) is 8.18. The number of likely N-dealkylation sites (tertiary alicyclic amines) is 1. The summed E-state index contributed by atoms with van der Waals surface area (Å²) >= 11 is 0. The van der Waals surface area contributed by atoms with E-state index in [0.29, 0.717) is 5.92 Å². The average molecular weight is 287 g/mol. The number of aryl methyl sites for hydroxylation is 1. The lowest BCUT2D eigenvalue weighted by molar-refractivity contribution is -0.148. The quantitative estimate of drug-likeness (QED) is 0.923. The molecule has 1 heterocycles. The topological polar surface area (TPSA) is 40.5 Å².